The van der Waals surface area contributed by atoms with E-state index in [9.17, 15) is 13.6 Å². The first-order chi connectivity index (χ1) is 15.1. The molecule has 0 saturated carbocycles. The van der Waals surface area contributed by atoms with Gasteiger partial charge in [-0.1, -0.05) is 12.1 Å². The molecule has 1 fully saturated rings. The van der Waals surface area contributed by atoms with Crippen molar-refractivity contribution < 1.29 is 13.6 Å². The van der Waals surface area contributed by atoms with Crippen LogP contribution in [0.2, 0.25) is 0 Å². The van der Waals surface area contributed by atoms with E-state index in [0.717, 1.165) is 22.0 Å². The third-order valence-electron chi connectivity index (χ3n) is 5.47. The van der Waals surface area contributed by atoms with E-state index in [4.69, 9.17) is 0 Å². The number of rotatable bonds is 6. The molecule has 2 amide bonds. The van der Waals surface area contributed by atoms with Crippen molar-refractivity contribution in [1.29, 1.82) is 0 Å². The van der Waals surface area contributed by atoms with Crippen LogP contribution in [0.4, 0.5) is 19.5 Å². The normalized spacial score (nSPS) is 15.0. The van der Waals surface area contributed by atoms with Crippen LogP contribution in [-0.2, 0) is 7.05 Å². The number of alkyl halides is 2. The fourth-order valence-corrected chi connectivity index (χ4v) is 3.72. The minimum Gasteiger partial charge on any atom is -0.324 e. The molecule has 0 atom stereocenters. The lowest BCUT2D eigenvalue weighted by Crippen LogP contribution is -2.49. The predicted octanol–water partition coefficient (Wildman–Crippen LogP) is 2.92. The highest BCUT2D eigenvalue weighted by Gasteiger charge is 2.25. The molecule has 1 aliphatic rings. The highest BCUT2D eigenvalue weighted by molar-refractivity contribution is 5.90. The maximum Gasteiger partial charge on any atom is 0.324 e. The molecule has 0 unspecified atom stereocenters. The number of benzene rings is 1. The van der Waals surface area contributed by atoms with Gasteiger partial charge in [0, 0.05) is 49.5 Å². The fraction of sp³-hybridized carbons (Fsp3) is 0.429. The Morgan fingerprint density at radius 1 is 1.19 bits per heavy atom. The molecule has 1 aromatic carbocycles. The number of urea groups is 1. The summed E-state index contributed by atoms with van der Waals surface area (Å²) in [4.78, 5) is 23.0. The predicted molar refractivity (Wildman–Crippen MR) is 114 cm³/mol. The Morgan fingerprint density at radius 3 is 2.65 bits per heavy atom. The van der Waals surface area contributed by atoms with E-state index in [1.165, 1.54) is 0 Å². The zero-order chi connectivity index (χ0) is 21.8. The number of aryl methyl sites for hydroxylation is 1. The van der Waals surface area contributed by atoms with Crippen molar-refractivity contribution in [2.75, 3.05) is 31.8 Å². The number of likely N-dealkylation sites (tertiary alicyclic amines) is 1. The van der Waals surface area contributed by atoms with Crippen molar-refractivity contribution in [2.24, 2.45) is 7.05 Å². The van der Waals surface area contributed by atoms with Crippen LogP contribution in [0.15, 0.2) is 36.8 Å². The number of amides is 2. The molecule has 2 N–H and O–H groups in total. The van der Waals surface area contributed by atoms with Gasteiger partial charge in [0.2, 0.25) is 5.95 Å². The van der Waals surface area contributed by atoms with Crippen LogP contribution < -0.4 is 10.6 Å². The lowest BCUT2D eigenvalue weighted by atomic mass is 10.0. The monoisotopic (exact) mass is 429 g/mol. The summed E-state index contributed by atoms with van der Waals surface area (Å²) >= 11 is 0. The summed E-state index contributed by atoms with van der Waals surface area (Å²) in [5, 5.41) is 10.8. The van der Waals surface area contributed by atoms with Gasteiger partial charge in [-0.25, -0.2) is 23.5 Å². The van der Waals surface area contributed by atoms with Crippen molar-refractivity contribution in [3.63, 3.8) is 0 Å². The second-order valence-electron chi connectivity index (χ2n) is 7.73. The zero-order valence-electron chi connectivity index (χ0n) is 17.3. The second kappa shape index (κ2) is 9.34. The molecule has 1 aliphatic heterocycles. The van der Waals surface area contributed by atoms with Gasteiger partial charge in [0.05, 0.1) is 17.8 Å². The Hall–Kier alpha value is -3.14. The molecule has 4 rings (SSSR count). The maximum absolute atomic E-state index is 12.7. The SMILES string of the molecule is Cn1cc(-c2ccc3cnc(NC(=O)N4CCC(NC(CF)CF)CC4)nc3c2)cn1. The fourth-order valence-electron chi connectivity index (χ4n) is 3.72. The van der Waals surface area contributed by atoms with Crippen molar-refractivity contribution in [2.45, 2.75) is 24.9 Å². The number of piperidine rings is 1. The first kappa shape index (κ1) is 21.1. The molecule has 0 aliphatic carbocycles. The van der Waals surface area contributed by atoms with Crippen LogP contribution in [0.1, 0.15) is 12.8 Å². The average Bonchev–Trinajstić information content (AvgIpc) is 3.23. The molecule has 0 radical (unpaired) electrons. The molecule has 31 heavy (non-hydrogen) atoms. The number of hydrogen-bond donors (Lipinski definition) is 2. The van der Waals surface area contributed by atoms with E-state index in [2.05, 4.69) is 25.7 Å². The molecule has 164 valence electrons. The van der Waals surface area contributed by atoms with Crippen LogP contribution in [0, 0.1) is 0 Å². The number of fused-ring (bicyclic) bond motifs is 1. The topological polar surface area (TPSA) is 88.0 Å². The maximum atomic E-state index is 12.7. The van der Waals surface area contributed by atoms with Crippen LogP contribution in [0.5, 0.6) is 0 Å². The van der Waals surface area contributed by atoms with Crippen LogP contribution in [0.3, 0.4) is 0 Å². The number of halogens is 2. The third kappa shape index (κ3) is 4.96. The van der Waals surface area contributed by atoms with E-state index >= 15 is 0 Å². The van der Waals surface area contributed by atoms with Crippen LogP contribution in [-0.4, -0.2) is 69.2 Å². The quantitative estimate of drug-likeness (QED) is 0.629. The van der Waals surface area contributed by atoms with Crippen LogP contribution in [0.25, 0.3) is 22.0 Å². The number of nitrogens with one attached hydrogen (secondary N) is 2. The van der Waals surface area contributed by atoms with Gasteiger partial charge in [-0.3, -0.25) is 10.00 Å². The third-order valence-corrected chi connectivity index (χ3v) is 5.47. The van der Waals surface area contributed by atoms with E-state index in [1.54, 1.807) is 22.0 Å². The highest BCUT2D eigenvalue weighted by atomic mass is 19.1. The van der Waals surface area contributed by atoms with Gasteiger partial charge in [0.15, 0.2) is 0 Å². The molecule has 10 heteroatoms. The average molecular weight is 429 g/mol. The molecular formula is C21H25F2N7O. The summed E-state index contributed by atoms with van der Waals surface area (Å²) < 4.78 is 27.1. The van der Waals surface area contributed by atoms with Gasteiger partial charge >= 0.3 is 6.03 Å². The molecule has 3 heterocycles. The molecule has 0 spiro atoms. The van der Waals surface area contributed by atoms with E-state index in [1.807, 2.05) is 31.4 Å². The largest absolute Gasteiger partial charge is 0.324 e. The van der Waals surface area contributed by atoms with Gasteiger partial charge in [-0.05, 0) is 24.5 Å². The van der Waals surface area contributed by atoms with E-state index < -0.39 is 19.4 Å². The Bertz CT molecular complexity index is 1050. The van der Waals surface area contributed by atoms with Crippen molar-refractivity contribution in [1.82, 2.24) is 30.0 Å². The number of anilines is 1. The number of carbonyl (C=O) groups excluding carboxylic acids is 1. The molecule has 3 aromatic rings. The minimum absolute atomic E-state index is 0.00312. The molecule has 8 nitrogen and oxygen atoms in total. The van der Waals surface area contributed by atoms with Crippen LogP contribution >= 0.6 is 0 Å². The Balaban J connectivity index is 1.39. The van der Waals surface area contributed by atoms with E-state index in [0.29, 0.717) is 25.9 Å². The first-order valence-corrected chi connectivity index (χ1v) is 10.3. The van der Waals surface area contributed by atoms with Gasteiger partial charge in [0.1, 0.15) is 13.3 Å². The summed E-state index contributed by atoms with van der Waals surface area (Å²) in [7, 11) is 1.86. The van der Waals surface area contributed by atoms with Gasteiger partial charge in [-0.15, -0.1) is 0 Å². The van der Waals surface area contributed by atoms with Crippen molar-refractivity contribution in [3.05, 3.63) is 36.8 Å². The standard InChI is InChI=1S/C21H25F2N7O/c1-29-13-16(12-25-29)14-2-3-15-11-24-20(27-19(15)8-14)28-21(31)30-6-4-17(5-7-30)26-18(9-22)10-23/h2-3,8,11-13,17-18,26H,4-7,9-10H2,1H3,(H,24,27,28,31). The Kier molecular flexibility index (Phi) is 6.36. The Labute approximate surface area is 178 Å². The lowest BCUT2D eigenvalue weighted by Gasteiger charge is -2.33. The molecule has 0 bridgehead atoms. The summed E-state index contributed by atoms with van der Waals surface area (Å²) in [5.74, 6) is 0.232. The van der Waals surface area contributed by atoms with Crippen molar-refractivity contribution >= 4 is 22.9 Å². The minimum atomic E-state index is -0.770. The molecule has 2 aromatic heterocycles. The smallest absolute Gasteiger partial charge is 0.324 e. The summed E-state index contributed by atoms with van der Waals surface area (Å²) in [6.07, 6.45) is 6.66. The Morgan fingerprint density at radius 2 is 1.97 bits per heavy atom. The van der Waals surface area contributed by atoms with Gasteiger partial charge < -0.3 is 10.2 Å². The lowest BCUT2D eigenvalue weighted by molar-refractivity contribution is 0.179. The van der Waals surface area contributed by atoms with Gasteiger partial charge in [-0.2, -0.15) is 5.10 Å². The summed E-state index contributed by atoms with van der Waals surface area (Å²) in [6, 6.07) is 4.80. The first-order valence-electron chi connectivity index (χ1n) is 10.3. The number of hydrogen-bond acceptors (Lipinski definition) is 5. The second-order valence-corrected chi connectivity index (χ2v) is 7.73. The zero-order valence-corrected chi connectivity index (χ0v) is 17.3. The number of aromatic nitrogens is 4. The highest BCUT2D eigenvalue weighted by Crippen LogP contribution is 2.23. The van der Waals surface area contributed by atoms with Gasteiger partial charge in [0.25, 0.3) is 0 Å². The summed E-state index contributed by atoms with van der Waals surface area (Å²) in [5.41, 5.74) is 2.68. The number of nitrogens with zero attached hydrogens (tertiary/aromatic N) is 5. The summed E-state index contributed by atoms with van der Waals surface area (Å²) in [6.45, 7) is -0.487. The van der Waals surface area contributed by atoms with E-state index in [-0.39, 0.29) is 18.0 Å². The van der Waals surface area contributed by atoms with Crippen molar-refractivity contribution in [3.8, 4) is 11.1 Å². The molecular weight excluding hydrogens is 404 g/mol. The molecule has 1 saturated heterocycles. The number of carbonyl (C=O) groups is 1.